The van der Waals surface area contributed by atoms with Gasteiger partial charge in [0.05, 0.1) is 30.4 Å². The number of hydrogen-bond acceptors (Lipinski definition) is 7. The van der Waals surface area contributed by atoms with Crippen molar-refractivity contribution in [3.63, 3.8) is 0 Å². The highest BCUT2D eigenvalue weighted by Crippen LogP contribution is 2.45. The first-order valence-corrected chi connectivity index (χ1v) is 11.7. The minimum Gasteiger partial charge on any atom is -0.497 e. The van der Waals surface area contributed by atoms with E-state index in [1.54, 1.807) is 41.8 Å². The number of esters is 1. The molecular formula is C22H19NO6S2. The highest BCUT2D eigenvalue weighted by molar-refractivity contribution is 7.91. The van der Waals surface area contributed by atoms with Crippen LogP contribution in [0.15, 0.2) is 63.7 Å². The summed E-state index contributed by atoms with van der Waals surface area (Å²) in [4.78, 5) is 25.1. The maximum absolute atomic E-state index is 13.2. The smallest absolute Gasteiger partial charge is 0.337 e. The monoisotopic (exact) mass is 457 g/mol. The third-order valence-corrected chi connectivity index (χ3v) is 8.19. The molecule has 0 radical (unpaired) electrons. The van der Waals surface area contributed by atoms with Crippen molar-refractivity contribution in [2.75, 3.05) is 19.5 Å². The molecule has 1 aliphatic rings. The SMILES string of the molecule is COC(=O)c1ccc(C2CC(=O)Nc3c(S(=O)(=O)c4ccc(OC)cc4)csc32)cc1. The summed E-state index contributed by atoms with van der Waals surface area (Å²) in [5.41, 5.74) is 1.54. The molecule has 160 valence electrons. The average Bonchev–Trinajstić information content (AvgIpc) is 3.22. The first-order chi connectivity index (χ1) is 14.8. The average molecular weight is 458 g/mol. The van der Waals surface area contributed by atoms with Gasteiger partial charge in [-0.2, -0.15) is 0 Å². The molecule has 1 atom stereocenters. The summed E-state index contributed by atoms with van der Waals surface area (Å²) in [5, 5.41) is 4.30. The van der Waals surface area contributed by atoms with Crippen LogP contribution < -0.4 is 10.1 Å². The molecule has 31 heavy (non-hydrogen) atoms. The number of amides is 1. The molecule has 7 nitrogen and oxygen atoms in total. The van der Waals surface area contributed by atoms with Gasteiger partial charge in [0.1, 0.15) is 10.6 Å². The van der Waals surface area contributed by atoms with Crippen LogP contribution in [0.1, 0.15) is 33.1 Å². The first kappa shape index (κ1) is 21.1. The second-order valence-electron chi connectivity index (χ2n) is 6.94. The number of carbonyl (C=O) groups excluding carboxylic acids is 2. The van der Waals surface area contributed by atoms with Crippen molar-refractivity contribution in [1.82, 2.24) is 0 Å². The summed E-state index contributed by atoms with van der Waals surface area (Å²) in [5.74, 6) is -0.466. The van der Waals surface area contributed by atoms with Crippen molar-refractivity contribution in [1.29, 1.82) is 0 Å². The lowest BCUT2D eigenvalue weighted by Crippen LogP contribution is -2.23. The van der Waals surface area contributed by atoms with E-state index in [1.807, 2.05) is 0 Å². The van der Waals surface area contributed by atoms with Crippen LogP contribution in [0.2, 0.25) is 0 Å². The van der Waals surface area contributed by atoms with Gasteiger partial charge in [-0.15, -0.1) is 11.3 Å². The van der Waals surface area contributed by atoms with E-state index in [0.29, 0.717) is 17.0 Å². The van der Waals surface area contributed by atoms with Crippen LogP contribution in [0, 0.1) is 0 Å². The van der Waals surface area contributed by atoms with Crippen LogP contribution >= 0.6 is 11.3 Å². The normalized spacial score (nSPS) is 15.7. The second kappa shape index (κ2) is 8.16. The predicted molar refractivity (Wildman–Crippen MR) is 116 cm³/mol. The lowest BCUT2D eigenvalue weighted by molar-refractivity contribution is -0.116. The van der Waals surface area contributed by atoms with E-state index in [1.165, 1.54) is 37.7 Å². The molecule has 2 aromatic carbocycles. The molecule has 1 aliphatic heterocycles. The summed E-state index contributed by atoms with van der Waals surface area (Å²) in [6, 6.07) is 12.9. The molecule has 1 aromatic heterocycles. The molecule has 1 N–H and O–H groups in total. The minimum absolute atomic E-state index is 0.0712. The minimum atomic E-state index is -3.83. The molecule has 3 aromatic rings. The van der Waals surface area contributed by atoms with Crippen LogP contribution in [-0.4, -0.2) is 34.5 Å². The molecule has 0 fully saturated rings. The van der Waals surface area contributed by atoms with Gasteiger partial charge in [-0.1, -0.05) is 12.1 Å². The van der Waals surface area contributed by atoms with E-state index < -0.39 is 15.8 Å². The largest absolute Gasteiger partial charge is 0.497 e. The standard InChI is InChI=1S/C22H19NO6S2/c1-28-15-7-9-16(10-8-15)31(26,27)18-12-30-21-17(11-19(24)23-20(18)21)13-3-5-14(6-4-13)22(25)29-2/h3-10,12,17H,11H2,1-2H3,(H,23,24). The third-order valence-electron chi connectivity index (χ3n) is 5.15. The molecule has 0 bridgehead atoms. The fourth-order valence-electron chi connectivity index (χ4n) is 3.52. The van der Waals surface area contributed by atoms with E-state index >= 15 is 0 Å². The van der Waals surface area contributed by atoms with E-state index in [0.717, 1.165) is 10.4 Å². The van der Waals surface area contributed by atoms with E-state index in [4.69, 9.17) is 9.47 Å². The maximum Gasteiger partial charge on any atom is 0.337 e. The van der Waals surface area contributed by atoms with E-state index in [9.17, 15) is 18.0 Å². The summed E-state index contributed by atoms with van der Waals surface area (Å²) >= 11 is 1.29. The second-order valence-corrected chi connectivity index (χ2v) is 9.77. The lowest BCUT2D eigenvalue weighted by Gasteiger charge is -2.24. The number of nitrogens with one attached hydrogen (secondary N) is 1. The number of fused-ring (bicyclic) bond motifs is 1. The zero-order valence-electron chi connectivity index (χ0n) is 16.7. The Hall–Kier alpha value is -3.17. The number of hydrogen-bond donors (Lipinski definition) is 1. The number of sulfone groups is 1. The molecule has 0 aliphatic carbocycles. The van der Waals surface area contributed by atoms with Crippen molar-refractivity contribution in [2.24, 2.45) is 0 Å². The summed E-state index contributed by atoms with van der Waals surface area (Å²) in [6.45, 7) is 0. The lowest BCUT2D eigenvalue weighted by atomic mass is 9.90. The number of methoxy groups -OCH3 is 2. The summed E-state index contributed by atoms with van der Waals surface area (Å²) < 4.78 is 36.3. The fraction of sp³-hybridized carbons (Fsp3) is 0.182. The van der Waals surface area contributed by atoms with Gasteiger partial charge in [0.25, 0.3) is 0 Å². The van der Waals surface area contributed by atoms with Crippen molar-refractivity contribution in [3.8, 4) is 5.75 Å². The van der Waals surface area contributed by atoms with Crippen molar-refractivity contribution >= 4 is 38.7 Å². The highest BCUT2D eigenvalue weighted by Gasteiger charge is 2.34. The Labute approximate surface area is 183 Å². The summed E-state index contributed by atoms with van der Waals surface area (Å²) in [6.07, 6.45) is 0.188. The van der Waals surface area contributed by atoms with Gasteiger partial charge in [-0.3, -0.25) is 4.79 Å². The molecule has 1 amide bonds. The molecule has 2 heterocycles. The van der Waals surface area contributed by atoms with E-state index in [-0.39, 0.29) is 28.0 Å². The van der Waals surface area contributed by atoms with Crippen molar-refractivity contribution < 1.29 is 27.5 Å². The van der Waals surface area contributed by atoms with Crippen LogP contribution in [0.25, 0.3) is 0 Å². The van der Waals surface area contributed by atoms with E-state index in [2.05, 4.69) is 5.32 Å². The zero-order valence-corrected chi connectivity index (χ0v) is 18.4. The molecule has 0 saturated heterocycles. The van der Waals surface area contributed by atoms with Crippen LogP contribution in [0.3, 0.4) is 0 Å². The topological polar surface area (TPSA) is 98.8 Å². The number of rotatable bonds is 5. The van der Waals surface area contributed by atoms with Gasteiger partial charge in [0.2, 0.25) is 15.7 Å². The molecule has 0 spiro atoms. The molecule has 0 saturated carbocycles. The first-order valence-electron chi connectivity index (χ1n) is 9.33. The third kappa shape index (κ3) is 3.82. The molecule has 4 rings (SSSR count). The van der Waals surface area contributed by atoms with Gasteiger partial charge in [0, 0.05) is 22.6 Å². The van der Waals surface area contributed by atoms with Gasteiger partial charge < -0.3 is 14.8 Å². The fourth-order valence-corrected chi connectivity index (χ4v) is 6.43. The van der Waals surface area contributed by atoms with Crippen molar-refractivity contribution in [2.45, 2.75) is 22.1 Å². The Morgan fingerprint density at radius 1 is 1.06 bits per heavy atom. The molecule has 1 unspecified atom stereocenters. The van der Waals surface area contributed by atoms with Crippen molar-refractivity contribution in [3.05, 3.63) is 69.9 Å². The maximum atomic E-state index is 13.2. The number of benzene rings is 2. The Balaban J connectivity index is 1.73. The number of ether oxygens (including phenoxy) is 2. The van der Waals surface area contributed by atoms with Crippen LogP contribution in [-0.2, 0) is 19.4 Å². The van der Waals surface area contributed by atoms with Gasteiger partial charge in [-0.25, -0.2) is 13.2 Å². The van der Waals surface area contributed by atoms with Gasteiger partial charge >= 0.3 is 5.97 Å². The number of anilines is 1. The molecule has 9 heteroatoms. The predicted octanol–water partition coefficient (Wildman–Crippen LogP) is 3.85. The van der Waals surface area contributed by atoms with Gasteiger partial charge in [-0.05, 0) is 42.0 Å². The number of carbonyl (C=O) groups is 2. The Morgan fingerprint density at radius 2 is 1.74 bits per heavy atom. The van der Waals surface area contributed by atoms with Crippen LogP contribution in [0.4, 0.5) is 5.69 Å². The Bertz CT molecular complexity index is 1240. The highest BCUT2D eigenvalue weighted by atomic mass is 32.2. The Kier molecular flexibility index (Phi) is 5.55. The summed E-state index contributed by atoms with van der Waals surface area (Å²) in [7, 11) is -1.02. The van der Waals surface area contributed by atoms with Crippen LogP contribution in [0.5, 0.6) is 5.75 Å². The quantitative estimate of drug-likeness (QED) is 0.585. The van der Waals surface area contributed by atoms with Gasteiger partial charge in [0.15, 0.2) is 0 Å². The Morgan fingerprint density at radius 3 is 2.35 bits per heavy atom. The number of thiophene rings is 1. The molecular weight excluding hydrogens is 438 g/mol. The zero-order chi connectivity index (χ0) is 22.2.